The van der Waals surface area contributed by atoms with Crippen LogP contribution in [0, 0.1) is 0 Å². The van der Waals surface area contributed by atoms with E-state index in [4.69, 9.17) is 0 Å². The number of hydrogen-bond donors (Lipinski definition) is 2. The molecule has 2 aliphatic heterocycles. The Hall–Kier alpha value is -2.04. The Labute approximate surface area is 110 Å². The number of phenolic OH excluding ortho intramolecular Hbond substituents is 1. The van der Waals surface area contributed by atoms with E-state index in [0.717, 1.165) is 11.1 Å². The number of rotatable bonds is 1. The minimum absolute atomic E-state index is 0.121. The van der Waals surface area contributed by atoms with Gasteiger partial charge in [-0.15, -0.1) is 0 Å². The number of amides is 1. The molecule has 2 atom stereocenters. The number of fused-ring (bicyclic) bond motifs is 3. The van der Waals surface area contributed by atoms with E-state index in [1.807, 2.05) is 6.92 Å². The van der Waals surface area contributed by atoms with E-state index < -0.39 is 17.6 Å². The number of carbonyl (C=O) groups is 2. The molecule has 0 aliphatic carbocycles. The summed E-state index contributed by atoms with van der Waals surface area (Å²) in [5.74, 6) is -0.947. The molecule has 5 nitrogen and oxygen atoms in total. The van der Waals surface area contributed by atoms with Crippen molar-refractivity contribution in [3.8, 4) is 5.75 Å². The molecule has 100 valence electrons. The Bertz CT molecular complexity index is 583. The molecule has 1 amide bonds. The third kappa shape index (κ3) is 1.54. The third-order valence-electron chi connectivity index (χ3n) is 4.31. The van der Waals surface area contributed by atoms with Crippen molar-refractivity contribution in [3.05, 3.63) is 29.3 Å². The fourth-order valence-electron chi connectivity index (χ4n) is 3.39. The van der Waals surface area contributed by atoms with Crippen molar-refractivity contribution < 1.29 is 19.8 Å². The second-order valence-corrected chi connectivity index (χ2v) is 5.44. The molecule has 0 aromatic heterocycles. The van der Waals surface area contributed by atoms with E-state index in [1.54, 1.807) is 18.2 Å². The standard InChI is InChI=1S/C14H15NO4/c1-14-5-4-12(17)15(14)11(13(18)19)6-8-2-3-9(16)7-10(8)14/h2-3,7,11,16H,4-6H2,1H3,(H,18,19). The van der Waals surface area contributed by atoms with Gasteiger partial charge in [0.25, 0.3) is 0 Å². The number of aliphatic carboxylic acids is 1. The van der Waals surface area contributed by atoms with Gasteiger partial charge < -0.3 is 15.1 Å². The summed E-state index contributed by atoms with van der Waals surface area (Å²) < 4.78 is 0. The molecule has 2 unspecified atom stereocenters. The summed E-state index contributed by atoms with van der Waals surface area (Å²) in [6.07, 6.45) is 1.24. The Morgan fingerprint density at radius 1 is 1.47 bits per heavy atom. The Kier molecular flexibility index (Phi) is 2.36. The monoisotopic (exact) mass is 261 g/mol. The van der Waals surface area contributed by atoms with Gasteiger partial charge in [0, 0.05) is 12.8 Å². The van der Waals surface area contributed by atoms with Crippen LogP contribution < -0.4 is 0 Å². The van der Waals surface area contributed by atoms with E-state index in [-0.39, 0.29) is 11.7 Å². The van der Waals surface area contributed by atoms with E-state index in [0.29, 0.717) is 19.3 Å². The highest BCUT2D eigenvalue weighted by molar-refractivity contribution is 5.87. The highest BCUT2D eigenvalue weighted by Gasteiger charge is 2.52. The van der Waals surface area contributed by atoms with E-state index >= 15 is 0 Å². The average Bonchev–Trinajstić information content (AvgIpc) is 2.66. The summed E-state index contributed by atoms with van der Waals surface area (Å²) in [4.78, 5) is 24.9. The number of aromatic hydroxyl groups is 1. The van der Waals surface area contributed by atoms with Crippen LogP contribution in [0.3, 0.4) is 0 Å². The fraction of sp³-hybridized carbons (Fsp3) is 0.429. The summed E-state index contributed by atoms with van der Waals surface area (Å²) in [7, 11) is 0. The zero-order valence-corrected chi connectivity index (χ0v) is 10.6. The van der Waals surface area contributed by atoms with Crippen LogP contribution in [0.15, 0.2) is 18.2 Å². The van der Waals surface area contributed by atoms with Crippen molar-refractivity contribution in [1.82, 2.24) is 4.90 Å². The van der Waals surface area contributed by atoms with Crippen LogP contribution in [0.25, 0.3) is 0 Å². The number of carbonyl (C=O) groups excluding carboxylic acids is 1. The normalized spacial score (nSPS) is 29.0. The van der Waals surface area contributed by atoms with Gasteiger partial charge in [0.15, 0.2) is 0 Å². The number of hydrogen-bond acceptors (Lipinski definition) is 3. The zero-order valence-electron chi connectivity index (χ0n) is 10.6. The number of carboxylic acids is 1. The number of nitrogens with zero attached hydrogens (tertiary/aromatic N) is 1. The quantitative estimate of drug-likeness (QED) is 0.797. The number of phenols is 1. The van der Waals surface area contributed by atoms with Gasteiger partial charge in [-0.1, -0.05) is 6.07 Å². The third-order valence-corrected chi connectivity index (χ3v) is 4.31. The molecule has 1 saturated heterocycles. The molecule has 1 aromatic rings. The van der Waals surface area contributed by atoms with E-state index in [2.05, 4.69) is 0 Å². The van der Waals surface area contributed by atoms with Crippen LogP contribution in [0.1, 0.15) is 30.9 Å². The minimum Gasteiger partial charge on any atom is -0.508 e. The van der Waals surface area contributed by atoms with Crippen molar-refractivity contribution in [3.63, 3.8) is 0 Å². The topological polar surface area (TPSA) is 77.8 Å². The highest BCUT2D eigenvalue weighted by Crippen LogP contribution is 2.46. The minimum atomic E-state index is -0.972. The molecule has 0 bridgehead atoms. The fourth-order valence-corrected chi connectivity index (χ4v) is 3.39. The molecule has 0 radical (unpaired) electrons. The largest absolute Gasteiger partial charge is 0.508 e. The first-order valence-electron chi connectivity index (χ1n) is 6.31. The molecule has 5 heteroatoms. The summed E-state index contributed by atoms with van der Waals surface area (Å²) in [6.45, 7) is 1.88. The zero-order chi connectivity index (χ0) is 13.8. The van der Waals surface area contributed by atoms with Gasteiger partial charge in [0.2, 0.25) is 5.91 Å². The Balaban J connectivity index is 2.20. The molecule has 2 N–H and O–H groups in total. The predicted octanol–water partition coefficient (Wildman–Crippen LogP) is 1.24. The van der Waals surface area contributed by atoms with E-state index in [1.165, 1.54) is 4.90 Å². The molecule has 19 heavy (non-hydrogen) atoms. The second-order valence-electron chi connectivity index (χ2n) is 5.44. The maximum atomic E-state index is 12.0. The lowest BCUT2D eigenvalue weighted by Gasteiger charge is -2.44. The maximum absolute atomic E-state index is 12.0. The predicted molar refractivity (Wildman–Crippen MR) is 66.7 cm³/mol. The van der Waals surface area contributed by atoms with Crippen LogP contribution in [0.4, 0.5) is 0 Å². The van der Waals surface area contributed by atoms with Gasteiger partial charge in [-0.25, -0.2) is 4.79 Å². The first-order valence-corrected chi connectivity index (χ1v) is 6.31. The molecule has 1 fully saturated rings. The molecular weight excluding hydrogens is 246 g/mol. The van der Waals surface area contributed by atoms with Crippen LogP contribution in [0.2, 0.25) is 0 Å². The lowest BCUT2D eigenvalue weighted by Crippen LogP contribution is -2.55. The lowest BCUT2D eigenvalue weighted by atomic mass is 9.79. The van der Waals surface area contributed by atoms with Gasteiger partial charge in [0.1, 0.15) is 11.8 Å². The van der Waals surface area contributed by atoms with Crippen molar-refractivity contribution in [2.75, 3.05) is 0 Å². The van der Waals surface area contributed by atoms with Crippen molar-refractivity contribution in [2.45, 2.75) is 37.8 Å². The van der Waals surface area contributed by atoms with Crippen LogP contribution in [-0.4, -0.2) is 33.0 Å². The first-order chi connectivity index (χ1) is 8.93. The molecule has 2 aliphatic rings. The molecule has 3 rings (SSSR count). The maximum Gasteiger partial charge on any atom is 0.326 e. The van der Waals surface area contributed by atoms with Crippen molar-refractivity contribution in [1.29, 1.82) is 0 Å². The Morgan fingerprint density at radius 3 is 2.89 bits per heavy atom. The SMILES string of the molecule is CC12CCC(=O)N1C(C(=O)O)Cc1ccc(O)cc12. The van der Waals surface area contributed by atoms with Crippen molar-refractivity contribution >= 4 is 11.9 Å². The smallest absolute Gasteiger partial charge is 0.326 e. The summed E-state index contributed by atoms with van der Waals surface area (Å²) in [5, 5.41) is 19.0. The van der Waals surface area contributed by atoms with Gasteiger partial charge >= 0.3 is 5.97 Å². The molecule has 2 heterocycles. The van der Waals surface area contributed by atoms with Crippen LogP contribution in [0.5, 0.6) is 5.75 Å². The summed E-state index contributed by atoms with van der Waals surface area (Å²) >= 11 is 0. The van der Waals surface area contributed by atoms with Crippen LogP contribution >= 0.6 is 0 Å². The Morgan fingerprint density at radius 2 is 2.21 bits per heavy atom. The molecule has 0 spiro atoms. The van der Waals surface area contributed by atoms with Gasteiger partial charge in [-0.05, 0) is 36.6 Å². The van der Waals surface area contributed by atoms with Gasteiger partial charge in [0.05, 0.1) is 5.54 Å². The number of benzene rings is 1. The van der Waals surface area contributed by atoms with E-state index in [9.17, 15) is 19.8 Å². The second kappa shape index (κ2) is 3.73. The van der Waals surface area contributed by atoms with Crippen molar-refractivity contribution in [2.24, 2.45) is 0 Å². The number of carboxylic acid groups (broad SMARTS) is 1. The molecule has 0 saturated carbocycles. The van der Waals surface area contributed by atoms with Gasteiger partial charge in [-0.3, -0.25) is 4.79 Å². The van der Waals surface area contributed by atoms with Gasteiger partial charge in [-0.2, -0.15) is 0 Å². The average molecular weight is 261 g/mol. The van der Waals surface area contributed by atoms with Crippen LogP contribution in [-0.2, 0) is 21.5 Å². The molecular formula is C14H15NO4. The summed E-state index contributed by atoms with van der Waals surface area (Å²) in [6, 6.07) is 4.16. The first kappa shape index (κ1) is 12.0. The highest BCUT2D eigenvalue weighted by atomic mass is 16.4. The molecule has 1 aromatic carbocycles. The lowest BCUT2D eigenvalue weighted by molar-refractivity contribution is -0.153. The summed E-state index contributed by atoms with van der Waals surface area (Å²) in [5.41, 5.74) is 1.15.